The standard InChI is InChI=1S/C21H25N3/c1-3-13-5-6-18-16(11-13)15(7-9-23-18)19(22)20-21-12-14(4-2)17(21)8-10-24(20)21/h4-7,9,11,14,17,19-20H,2-3,8,10,12,22H2,1H3. The quantitative estimate of drug-likeness (QED) is 0.693. The summed E-state index contributed by atoms with van der Waals surface area (Å²) in [6, 6.07) is 9.32. The molecule has 5 rings (SSSR count). The van der Waals surface area contributed by atoms with Crippen LogP contribution in [-0.2, 0) is 6.42 Å². The van der Waals surface area contributed by atoms with E-state index in [1.165, 1.54) is 35.9 Å². The van der Waals surface area contributed by atoms with Crippen molar-refractivity contribution in [1.82, 2.24) is 9.88 Å². The molecule has 0 radical (unpaired) electrons. The number of pyridine rings is 1. The van der Waals surface area contributed by atoms with E-state index < -0.39 is 0 Å². The van der Waals surface area contributed by atoms with Crippen LogP contribution in [0.2, 0.25) is 0 Å². The number of hydrogen-bond donors (Lipinski definition) is 1. The third-order valence-corrected chi connectivity index (χ3v) is 6.97. The molecule has 1 saturated carbocycles. The smallest absolute Gasteiger partial charge is 0.0705 e. The molecule has 2 N–H and O–H groups in total. The molecule has 2 saturated heterocycles. The fourth-order valence-corrected chi connectivity index (χ4v) is 5.72. The molecule has 24 heavy (non-hydrogen) atoms. The first kappa shape index (κ1) is 14.6. The lowest BCUT2D eigenvalue weighted by molar-refractivity contribution is 0.148. The Balaban J connectivity index is 1.52. The van der Waals surface area contributed by atoms with E-state index in [4.69, 9.17) is 5.73 Å². The molecule has 3 nitrogen and oxygen atoms in total. The van der Waals surface area contributed by atoms with Crippen molar-refractivity contribution in [3.8, 4) is 0 Å². The fourth-order valence-electron chi connectivity index (χ4n) is 5.72. The van der Waals surface area contributed by atoms with Crippen molar-refractivity contribution < 1.29 is 0 Å². The van der Waals surface area contributed by atoms with Gasteiger partial charge in [0.25, 0.3) is 0 Å². The van der Waals surface area contributed by atoms with E-state index >= 15 is 0 Å². The van der Waals surface area contributed by atoms with E-state index in [1.807, 2.05) is 6.20 Å². The molecule has 1 spiro atoms. The number of aromatic nitrogens is 1. The van der Waals surface area contributed by atoms with Crippen molar-refractivity contribution in [1.29, 1.82) is 0 Å². The van der Waals surface area contributed by atoms with Crippen LogP contribution in [0.25, 0.3) is 10.9 Å². The highest BCUT2D eigenvalue weighted by atomic mass is 15.5. The minimum atomic E-state index is 0.0798. The summed E-state index contributed by atoms with van der Waals surface area (Å²) >= 11 is 0. The van der Waals surface area contributed by atoms with Crippen molar-refractivity contribution in [3.63, 3.8) is 0 Å². The normalized spacial score (nSPS) is 37.4. The highest BCUT2D eigenvalue weighted by molar-refractivity contribution is 5.83. The second kappa shape index (κ2) is 4.90. The van der Waals surface area contributed by atoms with Crippen molar-refractivity contribution in [2.45, 2.75) is 43.8 Å². The second-order valence-electron chi connectivity index (χ2n) is 7.76. The largest absolute Gasteiger partial charge is 0.323 e. The number of rotatable bonds is 4. The Morgan fingerprint density at radius 3 is 3.12 bits per heavy atom. The summed E-state index contributed by atoms with van der Waals surface area (Å²) in [6.07, 6.45) is 7.69. The third kappa shape index (κ3) is 1.67. The molecule has 0 amide bonds. The molecule has 6 unspecified atom stereocenters. The van der Waals surface area contributed by atoms with Crippen LogP contribution in [0.5, 0.6) is 0 Å². The Kier molecular flexibility index (Phi) is 2.98. The van der Waals surface area contributed by atoms with E-state index in [1.54, 1.807) is 0 Å². The first-order chi connectivity index (χ1) is 11.7. The zero-order chi connectivity index (χ0) is 16.5. The van der Waals surface area contributed by atoms with Crippen LogP contribution in [0, 0.1) is 11.8 Å². The number of nitrogens with two attached hydrogens (primary N) is 1. The molecular weight excluding hydrogens is 294 g/mol. The van der Waals surface area contributed by atoms with E-state index in [0.717, 1.165) is 17.9 Å². The lowest BCUT2D eigenvalue weighted by Gasteiger charge is -2.42. The number of hydrogen-bond acceptors (Lipinski definition) is 3. The number of aryl methyl sites for hydroxylation is 1. The summed E-state index contributed by atoms with van der Waals surface area (Å²) in [6.45, 7) is 7.42. The molecule has 0 bridgehead atoms. The van der Waals surface area contributed by atoms with Crippen LogP contribution in [0.15, 0.2) is 43.1 Å². The molecular formula is C21H25N3. The zero-order valence-electron chi connectivity index (χ0n) is 14.3. The SMILES string of the molecule is C=CC1CC23C1CCN2C3C(N)c1ccnc2ccc(CC)cc12. The highest BCUT2D eigenvalue weighted by Gasteiger charge is 2.77. The maximum Gasteiger partial charge on any atom is 0.0705 e. The highest BCUT2D eigenvalue weighted by Crippen LogP contribution is 2.69. The summed E-state index contributed by atoms with van der Waals surface area (Å²) in [5.74, 6) is 1.48. The summed E-state index contributed by atoms with van der Waals surface area (Å²) in [5, 5.41) is 1.24. The minimum absolute atomic E-state index is 0.0798. The fraction of sp³-hybridized carbons (Fsp3) is 0.476. The maximum atomic E-state index is 6.82. The van der Waals surface area contributed by atoms with E-state index in [-0.39, 0.29) is 6.04 Å². The van der Waals surface area contributed by atoms with Crippen molar-refractivity contribution in [3.05, 3.63) is 54.2 Å². The molecule has 1 aromatic heterocycles. The number of nitrogens with zero attached hydrogens (tertiary/aromatic N) is 2. The lowest BCUT2D eigenvalue weighted by Crippen LogP contribution is -2.45. The molecule has 3 aliphatic rings. The number of piperidine rings is 1. The molecule has 3 heteroatoms. The number of benzene rings is 1. The van der Waals surface area contributed by atoms with Gasteiger partial charge in [-0.1, -0.05) is 19.1 Å². The van der Waals surface area contributed by atoms with Gasteiger partial charge in [-0.15, -0.1) is 6.58 Å². The summed E-state index contributed by atoms with van der Waals surface area (Å²) in [7, 11) is 0. The van der Waals surface area contributed by atoms with Gasteiger partial charge in [0, 0.05) is 29.2 Å². The van der Waals surface area contributed by atoms with Gasteiger partial charge >= 0.3 is 0 Å². The van der Waals surface area contributed by atoms with Gasteiger partial charge in [-0.2, -0.15) is 0 Å². The Morgan fingerprint density at radius 2 is 2.33 bits per heavy atom. The van der Waals surface area contributed by atoms with Gasteiger partial charge in [-0.25, -0.2) is 0 Å². The van der Waals surface area contributed by atoms with E-state index in [0.29, 0.717) is 17.5 Å². The molecule has 2 aromatic rings. The number of allylic oxidation sites excluding steroid dienone is 1. The van der Waals surface area contributed by atoms with Crippen LogP contribution in [-0.4, -0.2) is 28.0 Å². The van der Waals surface area contributed by atoms with Gasteiger partial charge in [0.2, 0.25) is 0 Å². The predicted octanol–water partition coefficient (Wildman–Crippen LogP) is 3.45. The average Bonchev–Trinajstić information content (AvgIpc) is 3.19. The third-order valence-electron chi connectivity index (χ3n) is 6.97. The Morgan fingerprint density at radius 1 is 1.46 bits per heavy atom. The number of fused-ring (bicyclic) bond motifs is 1. The van der Waals surface area contributed by atoms with Crippen molar-refractivity contribution >= 4 is 10.9 Å². The molecule has 3 heterocycles. The van der Waals surface area contributed by atoms with Crippen LogP contribution < -0.4 is 5.73 Å². The zero-order valence-corrected chi connectivity index (χ0v) is 14.3. The predicted molar refractivity (Wildman–Crippen MR) is 97.7 cm³/mol. The topological polar surface area (TPSA) is 41.9 Å². The molecule has 2 aliphatic heterocycles. The van der Waals surface area contributed by atoms with Gasteiger partial charge in [-0.3, -0.25) is 9.88 Å². The molecule has 124 valence electrons. The molecule has 3 fully saturated rings. The van der Waals surface area contributed by atoms with Gasteiger partial charge in [-0.05, 0) is 67.0 Å². The van der Waals surface area contributed by atoms with Crippen LogP contribution in [0.1, 0.15) is 36.9 Å². The Bertz CT molecular complexity index is 829. The van der Waals surface area contributed by atoms with E-state index in [9.17, 15) is 0 Å². The second-order valence-corrected chi connectivity index (χ2v) is 7.76. The van der Waals surface area contributed by atoms with Crippen LogP contribution >= 0.6 is 0 Å². The van der Waals surface area contributed by atoms with Gasteiger partial charge < -0.3 is 5.73 Å². The molecule has 1 aliphatic carbocycles. The van der Waals surface area contributed by atoms with Gasteiger partial charge in [0.05, 0.1) is 5.52 Å². The average molecular weight is 319 g/mol. The van der Waals surface area contributed by atoms with Crippen molar-refractivity contribution in [2.75, 3.05) is 6.54 Å². The van der Waals surface area contributed by atoms with Crippen molar-refractivity contribution in [2.24, 2.45) is 17.6 Å². The van der Waals surface area contributed by atoms with Crippen LogP contribution in [0.3, 0.4) is 0 Å². The minimum Gasteiger partial charge on any atom is -0.323 e. The van der Waals surface area contributed by atoms with Crippen LogP contribution in [0.4, 0.5) is 0 Å². The Labute approximate surface area is 143 Å². The molecule has 6 atom stereocenters. The molecule has 1 aromatic carbocycles. The summed E-state index contributed by atoms with van der Waals surface area (Å²) in [5.41, 5.74) is 10.9. The summed E-state index contributed by atoms with van der Waals surface area (Å²) in [4.78, 5) is 7.21. The summed E-state index contributed by atoms with van der Waals surface area (Å²) < 4.78 is 0. The van der Waals surface area contributed by atoms with E-state index in [2.05, 4.69) is 53.7 Å². The Hall–Kier alpha value is -1.71. The van der Waals surface area contributed by atoms with Gasteiger partial charge in [0.1, 0.15) is 0 Å². The van der Waals surface area contributed by atoms with Gasteiger partial charge in [0.15, 0.2) is 0 Å². The monoisotopic (exact) mass is 319 g/mol. The lowest BCUT2D eigenvalue weighted by atomic mass is 9.61. The maximum absolute atomic E-state index is 6.82. The first-order valence-electron chi connectivity index (χ1n) is 9.23. The first-order valence-corrected chi connectivity index (χ1v) is 9.23.